The summed E-state index contributed by atoms with van der Waals surface area (Å²) < 4.78 is 0. The quantitative estimate of drug-likeness (QED) is 0.437. The summed E-state index contributed by atoms with van der Waals surface area (Å²) in [5, 5.41) is 6.62. The Balaban J connectivity index is 3.46. The molecule has 0 heterocycles. The van der Waals surface area contributed by atoms with Gasteiger partial charge in [0.2, 0.25) is 0 Å². The number of hydrogen-bond acceptors (Lipinski definition) is 1. The van der Waals surface area contributed by atoms with Gasteiger partial charge in [0.05, 0.1) is 0 Å². The molecular weight excluding hydrogens is 110 g/mol. The van der Waals surface area contributed by atoms with E-state index in [0.29, 0.717) is 0 Å². The van der Waals surface area contributed by atoms with Gasteiger partial charge in [-0.05, 0) is 13.0 Å². The maximum atomic E-state index is 6.62. The molecule has 0 aliphatic rings. The Labute approximate surface area is 55.9 Å². The third kappa shape index (κ3) is 6.89. The summed E-state index contributed by atoms with van der Waals surface area (Å²) in [6.07, 6.45) is 12.4. The van der Waals surface area contributed by atoms with Crippen molar-refractivity contribution in [3.05, 3.63) is 36.5 Å². The Morgan fingerprint density at radius 2 is 1.44 bits per heavy atom. The van der Waals surface area contributed by atoms with E-state index < -0.39 is 0 Å². The molecule has 0 amide bonds. The van der Waals surface area contributed by atoms with Crippen LogP contribution in [0.1, 0.15) is 6.92 Å². The third-order valence-electron chi connectivity index (χ3n) is 0.733. The Hall–Kier alpha value is -1.11. The van der Waals surface area contributed by atoms with Gasteiger partial charge in [0.15, 0.2) is 0 Å². The predicted octanol–water partition coefficient (Wildman–Crippen LogP) is 2.32. The fourth-order valence-electron chi connectivity index (χ4n) is 0.359. The van der Waals surface area contributed by atoms with E-state index in [9.17, 15) is 0 Å². The van der Waals surface area contributed by atoms with Gasteiger partial charge in [-0.15, -0.1) is 0 Å². The first-order valence-corrected chi connectivity index (χ1v) is 2.87. The first-order valence-electron chi connectivity index (χ1n) is 2.87. The van der Waals surface area contributed by atoms with Gasteiger partial charge in [0.25, 0.3) is 0 Å². The van der Waals surface area contributed by atoms with Crippen LogP contribution < -0.4 is 0 Å². The summed E-state index contributed by atoms with van der Waals surface area (Å²) >= 11 is 0. The molecule has 0 unspecified atom stereocenters. The van der Waals surface area contributed by atoms with Gasteiger partial charge >= 0.3 is 0 Å². The van der Waals surface area contributed by atoms with Crippen molar-refractivity contribution in [2.75, 3.05) is 0 Å². The van der Waals surface area contributed by atoms with Crippen molar-refractivity contribution < 1.29 is 0 Å². The van der Waals surface area contributed by atoms with E-state index in [1.165, 1.54) is 6.21 Å². The summed E-state index contributed by atoms with van der Waals surface area (Å²) in [7, 11) is 0. The molecule has 0 atom stereocenters. The van der Waals surface area contributed by atoms with Crippen molar-refractivity contribution in [2.45, 2.75) is 6.92 Å². The lowest BCUT2D eigenvalue weighted by Gasteiger charge is -1.69. The van der Waals surface area contributed by atoms with Gasteiger partial charge in [0, 0.05) is 6.21 Å². The van der Waals surface area contributed by atoms with Crippen molar-refractivity contribution in [1.82, 2.24) is 0 Å². The monoisotopic (exact) mass is 121 g/mol. The van der Waals surface area contributed by atoms with E-state index in [2.05, 4.69) is 0 Å². The van der Waals surface area contributed by atoms with Gasteiger partial charge in [-0.25, -0.2) is 0 Å². The smallest absolute Gasteiger partial charge is 0.0177 e. The molecule has 1 N–H and O–H groups in total. The molecule has 0 aromatic carbocycles. The Bertz CT molecular complexity index is 141. The summed E-state index contributed by atoms with van der Waals surface area (Å²) in [4.78, 5) is 0. The lowest BCUT2D eigenvalue weighted by atomic mass is 10.4. The van der Waals surface area contributed by atoms with Crippen LogP contribution in [0.5, 0.6) is 0 Å². The molecule has 48 valence electrons. The number of nitrogens with one attached hydrogen (secondary N) is 1. The van der Waals surface area contributed by atoms with Crippen LogP contribution >= 0.6 is 0 Å². The number of rotatable bonds is 3. The van der Waals surface area contributed by atoms with E-state index in [4.69, 9.17) is 5.41 Å². The SMILES string of the molecule is C/C=C/C=C/C=C\C=N. The minimum Gasteiger partial charge on any atom is -0.309 e. The van der Waals surface area contributed by atoms with Crippen LogP contribution in [-0.4, -0.2) is 6.21 Å². The summed E-state index contributed by atoms with van der Waals surface area (Å²) in [5.41, 5.74) is 0. The zero-order valence-electron chi connectivity index (χ0n) is 5.54. The predicted molar refractivity (Wildman–Crippen MR) is 41.9 cm³/mol. The van der Waals surface area contributed by atoms with E-state index in [0.717, 1.165) is 0 Å². The van der Waals surface area contributed by atoms with Crippen molar-refractivity contribution >= 4 is 6.21 Å². The number of hydrogen-bond donors (Lipinski definition) is 1. The molecule has 0 aliphatic carbocycles. The average molecular weight is 121 g/mol. The summed E-state index contributed by atoms with van der Waals surface area (Å²) in [6.45, 7) is 1.96. The normalized spacial score (nSPS) is 12.1. The number of allylic oxidation sites excluding steroid dienone is 6. The lowest BCUT2D eigenvalue weighted by molar-refractivity contribution is 1.58. The molecule has 0 bridgehead atoms. The highest BCUT2D eigenvalue weighted by molar-refractivity contribution is 5.68. The largest absolute Gasteiger partial charge is 0.309 e. The van der Waals surface area contributed by atoms with Crippen LogP contribution in [0.25, 0.3) is 0 Å². The Morgan fingerprint density at radius 1 is 0.889 bits per heavy atom. The van der Waals surface area contributed by atoms with Gasteiger partial charge in [-0.3, -0.25) is 0 Å². The Morgan fingerprint density at radius 3 is 2.00 bits per heavy atom. The van der Waals surface area contributed by atoms with Crippen LogP contribution in [0.2, 0.25) is 0 Å². The lowest BCUT2D eigenvalue weighted by Crippen LogP contribution is -1.53. The second-order valence-corrected chi connectivity index (χ2v) is 1.46. The second kappa shape index (κ2) is 6.89. The maximum Gasteiger partial charge on any atom is 0.0177 e. The van der Waals surface area contributed by atoms with Gasteiger partial charge in [-0.2, -0.15) is 0 Å². The Kier molecular flexibility index (Phi) is 6.04. The highest BCUT2D eigenvalue weighted by Gasteiger charge is 1.57. The zero-order valence-corrected chi connectivity index (χ0v) is 5.54. The molecule has 9 heavy (non-hydrogen) atoms. The van der Waals surface area contributed by atoms with Crippen molar-refractivity contribution in [2.24, 2.45) is 0 Å². The van der Waals surface area contributed by atoms with Crippen LogP contribution in [0, 0.1) is 5.41 Å². The summed E-state index contributed by atoms with van der Waals surface area (Å²) in [5.74, 6) is 0. The molecule has 0 radical (unpaired) electrons. The van der Waals surface area contributed by atoms with Crippen molar-refractivity contribution in [1.29, 1.82) is 5.41 Å². The molecule has 0 rings (SSSR count). The second-order valence-electron chi connectivity index (χ2n) is 1.46. The molecule has 1 nitrogen and oxygen atoms in total. The van der Waals surface area contributed by atoms with E-state index in [1.807, 2.05) is 37.3 Å². The first kappa shape index (κ1) is 7.89. The molecule has 1 heteroatoms. The van der Waals surface area contributed by atoms with Crippen LogP contribution in [0.3, 0.4) is 0 Å². The molecule has 0 saturated heterocycles. The fraction of sp³-hybridized carbons (Fsp3) is 0.125. The molecule has 0 aliphatic heterocycles. The highest BCUT2D eigenvalue weighted by atomic mass is 14.3. The van der Waals surface area contributed by atoms with E-state index in [-0.39, 0.29) is 0 Å². The van der Waals surface area contributed by atoms with Crippen LogP contribution in [-0.2, 0) is 0 Å². The zero-order chi connectivity index (χ0) is 6.95. The molecular formula is C8H11N. The standard InChI is InChI=1S/C8H11N/c1-2-3-4-5-6-7-8-9/h2-9H,1H3/b3-2+,5-4+,7-6-,9-8?. The molecule has 0 saturated carbocycles. The van der Waals surface area contributed by atoms with Crippen molar-refractivity contribution in [3.8, 4) is 0 Å². The third-order valence-corrected chi connectivity index (χ3v) is 0.733. The molecule has 0 aromatic heterocycles. The fourth-order valence-corrected chi connectivity index (χ4v) is 0.359. The van der Waals surface area contributed by atoms with E-state index in [1.54, 1.807) is 6.08 Å². The molecule has 0 spiro atoms. The highest BCUT2D eigenvalue weighted by Crippen LogP contribution is 1.77. The molecule has 0 aromatic rings. The average Bonchev–Trinajstić information content (AvgIpc) is 1.89. The van der Waals surface area contributed by atoms with Gasteiger partial charge < -0.3 is 5.41 Å². The van der Waals surface area contributed by atoms with Crippen LogP contribution in [0.15, 0.2) is 36.5 Å². The summed E-state index contributed by atoms with van der Waals surface area (Å²) in [6, 6.07) is 0. The van der Waals surface area contributed by atoms with Gasteiger partial charge in [0.1, 0.15) is 0 Å². The van der Waals surface area contributed by atoms with E-state index >= 15 is 0 Å². The van der Waals surface area contributed by atoms with Crippen molar-refractivity contribution in [3.63, 3.8) is 0 Å². The molecule has 0 fully saturated rings. The minimum absolute atomic E-state index is 1.25. The first-order chi connectivity index (χ1) is 4.41. The van der Waals surface area contributed by atoms with Crippen LogP contribution in [0.4, 0.5) is 0 Å². The van der Waals surface area contributed by atoms with Gasteiger partial charge in [-0.1, -0.05) is 30.4 Å². The topological polar surface area (TPSA) is 23.9 Å². The maximum absolute atomic E-state index is 6.62. The minimum atomic E-state index is 1.25.